The molecule has 7 heteroatoms. The molecule has 0 unspecified atom stereocenters. The van der Waals surface area contributed by atoms with E-state index < -0.39 is 0 Å². The first-order valence-electron chi connectivity index (χ1n) is 4.81. The predicted octanol–water partition coefficient (Wildman–Crippen LogP) is 0.0600. The molecule has 2 rings (SSSR count). The summed E-state index contributed by atoms with van der Waals surface area (Å²) in [5.74, 6) is 0.235. The molecular weight excluding hydrogens is 230 g/mol. The molecule has 0 radical (unpaired) electrons. The number of hydrogen-bond acceptors (Lipinski definition) is 6. The monoisotopic (exact) mass is 243 g/mol. The van der Waals surface area contributed by atoms with Gasteiger partial charge in [0, 0.05) is 13.3 Å². The van der Waals surface area contributed by atoms with Crippen LogP contribution in [0, 0.1) is 0 Å². The molecule has 2 N–H and O–H groups in total. The molecule has 6 nitrogen and oxygen atoms in total. The molecule has 1 aliphatic heterocycles. The standard InChI is InChI=1S/C9H13N3O3S/c1-14-5-8-15-4-7(16-8)12-3-2-6(10)11-9(12)13/h2-3,7-8H,4-5H2,1H3,(H2,10,11,13)/t7-,8-/m1/s1. The summed E-state index contributed by atoms with van der Waals surface area (Å²) >= 11 is 1.54. The highest BCUT2D eigenvalue weighted by Crippen LogP contribution is 2.34. The van der Waals surface area contributed by atoms with Crippen LogP contribution in [0.5, 0.6) is 0 Å². The molecule has 1 saturated heterocycles. The van der Waals surface area contributed by atoms with Crippen molar-refractivity contribution in [3.63, 3.8) is 0 Å². The lowest BCUT2D eigenvalue weighted by Gasteiger charge is -2.10. The number of anilines is 1. The number of rotatable bonds is 3. The number of aromatic nitrogens is 2. The Morgan fingerprint density at radius 1 is 1.81 bits per heavy atom. The molecule has 0 spiro atoms. The van der Waals surface area contributed by atoms with E-state index in [9.17, 15) is 4.79 Å². The van der Waals surface area contributed by atoms with E-state index in [-0.39, 0.29) is 22.3 Å². The summed E-state index contributed by atoms with van der Waals surface area (Å²) < 4.78 is 12.0. The minimum absolute atomic E-state index is 0.0283. The van der Waals surface area contributed by atoms with Crippen molar-refractivity contribution in [2.45, 2.75) is 10.8 Å². The second-order valence-corrected chi connectivity index (χ2v) is 4.69. The highest BCUT2D eigenvalue weighted by Gasteiger charge is 2.28. The van der Waals surface area contributed by atoms with Gasteiger partial charge in [0.2, 0.25) is 0 Å². The van der Waals surface area contributed by atoms with Gasteiger partial charge in [-0.3, -0.25) is 4.57 Å². The molecule has 0 bridgehead atoms. The topological polar surface area (TPSA) is 79.4 Å². The maximum atomic E-state index is 11.6. The summed E-state index contributed by atoms with van der Waals surface area (Å²) in [6.45, 7) is 0.989. The number of thioether (sulfide) groups is 1. The Hall–Kier alpha value is -1.05. The van der Waals surface area contributed by atoms with Gasteiger partial charge in [0.1, 0.15) is 16.6 Å². The lowest BCUT2D eigenvalue weighted by Crippen LogP contribution is -2.26. The van der Waals surface area contributed by atoms with E-state index in [1.165, 1.54) is 4.57 Å². The summed E-state index contributed by atoms with van der Waals surface area (Å²) in [7, 11) is 1.62. The number of hydrogen-bond donors (Lipinski definition) is 1. The van der Waals surface area contributed by atoms with Crippen molar-refractivity contribution in [1.29, 1.82) is 0 Å². The summed E-state index contributed by atoms with van der Waals surface area (Å²) in [6, 6.07) is 1.60. The summed E-state index contributed by atoms with van der Waals surface area (Å²) in [4.78, 5) is 15.2. The van der Waals surface area contributed by atoms with Crippen LogP contribution in [0.4, 0.5) is 5.82 Å². The van der Waals surface area contributed by atoms with Crippen molar-refractivity contribution in [2.75, 3.05) is 26.1 Å². The fourth-order valence-electron chi connectivity index (χ4n) is 1.46. The number of methoxy groups -OCH3 is 1. The highest BCUT2D eigenvalue weighted by molar-refractivity contribution is 8.00. The fourth-order valence-corrected chi connectivity index (χ4v) is 2.63. The van der Waals surface area contributed by atoms with Crippen LogP contribution < -0.4 is 11.4 Å². The first-order chi connectivity index (χ1) is 7.70. The van der Waals surface area contributed by atoms with Crippen molar-refractivity contribution in [2.24, 2.45) is 0 Å². The van der Waals surface area contributed by atoms with E-state index in [1.807, 2.05) is 0 Å². The Balaban J connectivity index is 2.11. The van der Waals surface area contributed by atoms with Gasteiger partial charge >= 0.3 is 5.69 Å². The number of nitrogens with two attached hydrogens (primary N) is 1. The first kappa shape index (κ1) is 11.4. The Kier molecular flexibility index (Phi) is 3.47. The van der Waals surface area contributed by atoms with Gasteiger partial charge in [0.05, 0.1) is 13.2 Å². The van der Waals surface area contributed by atoms with E-state index in [2.05, 4.69) is 4.98 Å². The lowest BCUT2D eigenvalue weighted by atomic mass is 10.5. The van der Waals surface area contributed by atoms with Crippen molar-refractivity contribution >= 4 is 17.6 Å². The zero-order chi connectivity index (χ0) is 11.5. The van der Waals surface area contributed by atoms with Crippen LogP contribution in [-0.4, -0.2) is 35.3 Å². The van der Waals surface area contributed by atoms with Gasteiger partial charge in [0.15, 0.2) is 0 Å². The largest absolute Gasteiger partial charge is 0.383 e. The van der Waals surface area contributed by atoms with Gasteiger partial charge in [-0.1, -0.05) is 0 Å². The van der Waals surface area contributed by atoms with Crippen LogP contribution >= 0.6 is 11.8 Å². The van der Waals surface area contributed by atoms with Crippen LogP contribution in [-0.2, 0) is 9.47 Å². The van der Waals surface area contributed by atoms with Gasteiger partial charge < -0.3 is 15.2 Å². The van der Waals surface area contributed by atoms with Gasteiger partial charge in [-0.25, -0.2) is 4.79 Å². The molecule has 1 aliphatic rings. The zero-order valence-electron chi connectivity index (χ0n) is 8.83. The third-order valence-corrected chi connectivity index (χ3v) is 3.45. The molecule has 16 heavy (non-hydrogen) atoms. The Bertz CT molecular complexity index is 423. The van der Waals surface area contributed by atoms with Gasteiger partial charge in [-0.2, -0.15) is 4.98 Å². The van der Waals surface area contributed by atoms with E-state index in [1.54, 1.807) is 31.1 Å². The quantitative estimate of drug-likeness (QED) is 0.808. The number of nitrogen functional groups attached to an aromatic ring is 1. The number of nitrogens with zero attached hydrogens (tertiary/aromatic N) is 2. The van der Waals surface area contributed by atoms with E-state index in [4.69, 9.17) is 15.2 Å². The van der Waals surface area contributed by atoms with Crippen molar-refractivity contribution in [3.05, 3.63) is 22.7 Å². The van der Waals surface area contributed by atoms with E-state index >= 15 is 0 Å². The Morgan fingerprint density at radius 2 is 2.62 bits per heavy atom. The van der Waals surface area contributed by atoms with E-state index in [0.717, 1.165) is 0 Å². The molecule has 1 fully saturated rings. The molecule has 1 aromatic heterocycles. The molecule has 1 aromatic rings. The van der Waals surface area contributed by atoms with Crippen LogP contribution in [0.15, 0.2) is 17.1 Å². The average Bonchev–Trinajstić information content (AvgIpc) is 2.67. The lowest BCUT2D eigenvalue weighted by molar-refractivity contribution is 0.0595. The normalized spacial score (nSPS) is 24.8. The van der Waals surface area contributed by atoms with Crippen LogP contribution in [0.25, 0.3) is 0 Å². The Morgan fingerprint density at radius 3 is 3.31 bits per heavy atom. The van der Waals surface area contributed by atoms with Gasteiger partial charge in [-0.05, 0) is 6.07 Å². The Labute approximate surface area is 96.8 Å². The maximum absolute atomic E-state index is 11.6. The first-order valence-corrected chi connectivity index (χ1v) is 5.75. The van der Waals surface area contributed by atoms with Crippen LogP contribution in [0.2, 0.25) is 0 Å². The third kappa shape index (κ3) is 2.37. The molecule has 0 saturated carbocycles. The second-order valence-electron chi connectivity index (χ2n) is 3.35. The summed E-state index contributed by atoms with van der Waals surface area (Å²) in [6.07, 6.45) is 1.64. The molecule has 2 atom stereocenters. The SMILES string of the molecule is COC[C@@H]1OC[C@H](n2ccc(N)nc2=O)S1. The van der Waals surface area contributed by atoms with Gasteiger partial charge in [-0.15, -0.1) is 11.8 Å². The third-order valence-electron chi connectivity index (χ3n) is 2.20. The number of ether oxygens (including phenoxy) is 2. The molecule has 0 aromatic carbocycles. The van der Waals surface area contributed by atoms with Crippen molar-refractivity contribution < 1.29 is 9.47 Å². The van der Waals surface area contributed by atoms with Crippen LogP contribution in [0.1, 0.15) is 5.37 Å². The van der Waals surface area contributed by atoms with Crippen molar-refractivity contribution in [1.82, 2.24) is 9.55 Å². The molecule has 0 amide bonds. The predicted molar refractivity (Wildman–Crippen MR) is 61.2 cm³/mol. The highest BCUT2D eigenvalue weighted by atomic mass is 32.2. The van der Waals surface area contributed by atoms with E-state index in [0.29, 0.717) is 13.2 Å². The van der Waals surface area contributed by atoms with Gasteiger partial charge in [0.25, 0.3) is 0 Å². The second kappa shape index (κ2) is 4.86. The molecule has 0 aliphatic carbocycles. The van der Waals surface area contributed by atoms with Crippen molar-refractivity contribution in [3.8, 4) is 0 Å². The summed E-state index contributed by atoms with van der Waals surface area (Å²) in [5, 5.41) is -0.0549. The average molecular weight is 243 g/mol. The minimum atomic E-state index is -0.348. The van der Waals surface area contributed by atoms with Crippen LogP contribution in [0.3, 0.4) is 0 Å². The minimum Gasteiger partial charge on any atom is -0.383 e. The smallest absolute Gasteiger partial charge is 0.350 e. The zero-order valence-corrected chi connectivity index (χ0v) is 9.64. The fraction of sp³-hybridized carbons (Fsp3) is 0.556. The molecule has 88 valence electrons. The molecular formula is C9H13N3O3S. The summed E-state index contributed by atoms with van der Waals surface area (Å²) in [5.41, 5.74) is 5.04. The molecule has 2 heterocycles. The maximum Gasteiger partial charge on any atom is 0.350 e.